The van der Waals surface area contributed by atoms with E-state index in [9.17, 15) is 8.42 Å². The van der Waals surface area contributed by atoms with E-state index in [2.05, 4.69) is 25.2 Å². The van der Waals surface area contributed by atoms with Crippen molar-refractivity contribution in [1.82, 2.24) is 18.9 Å². The molecule has 1 saturated heterocycles. The largest absolute Gasteiger partial charge is 0.495 e. The molecule has 1 N–H and O–H groups in total. The van der Waals surface area contributed by atoms with Gasteiger partial charge in [-0.2, -0.15) is 4.98 Å². The van der Waals surface area contributed by atoms with Gasteiger partial charge in [0, 0.05) is 54.2 Å². The van der Waals surface area contributed by atoms with Gasteiger partial charge in [-0.25, -0.2) is 17.4 Å². The minimum atomic E-state index is -3.97. The summed E-state index contributed by atoms with van der Waals surface area (Å²) < 4.78 is 39.6. The van der Waals surface area contributed by atoms with Crippen molar-refractivity contribution in [2.75, 3.05) is 43.6 Å². The zero-order chi connectivity index (χ0) is 25.4. The van der Waals surface area contributed by atoms with E-state index >= 15 is 0 Å². The Morgan fingerprint density at radius 1 is 1.00 bits per heavy atom. The summed E-state index contributed by atoms with van der Waals surface area (Å²) in [7, 11) is -2.34. The first-order valence-electron chi connectivity index (χ1n) is 11.8. The molecule has 1 fully saturated rings. The molecule has 0 spiro atoms. The summed E-state index contributed by atoms with van der Waals surface area (Å²) in [4.78, 5) is 15.6. The second-order valence-corrected chi connectivity index (χ2v) is 10.3. The summed E-state index contributed by atoms with van der Waals surface area (Å²) in [5, 5.41) is 4.51. The highest BCUT2D eigenvalue weighted by Gasteiger charge is 2.23. The van der Waals surface area contributed by atoms with Crippen LogP contribution in [0, 0.1) is 0 Å². The number of morpholine rings is 1. The third-order valence-corrected chi connectivity index (χ3v) is 8.01. The number of anilines is 3. The van der Waals surface area contributed by atoms with E-state index in [0.29, 0.717) is 35.6 Å². The second-order valence-electron chi connectivity index (χ2n) is 8.53. The fourth-order valence-corrected chi connectivity index (χ4v) is 5.96. The number of hydrogen-bond acceptors (Lipinski definition) is 9. The molecule has 6 rings (SSSR count). The monoisotopic (exact) mass is 516 g/mol. The molecule has 0 saturated carbocycles. The van der Waals surface area contributed by atoms with E-state index in [1.165, 1.54) is 10.2 Å². The van der Waals surface area contributed by atoms with Gasteiger partial charge in [0.1, 0.15) is 10.6 Å². The molecule has 0 atom stereocenters. The van der Waals surface area contributed by atoms with Crippen LogP contribution < -0.4 is 15.0 Å². The number of benzene rings is 2. The predicted molar refractivity (Wildman–Crippen MR) is 141 cm³/mol. The predicted octanol–water partition coefficient (Wildman–Crippen LogP) is 3.81. The normalized spacial score (nSPS) is 14.2. The number of para-hydroxylation sites is 1. The molecule has 3 aromatic heterocycles. The first-order valence-corrected chi connectivity index (χ1v) is 13.2. The van der Waals surface area contributed by atoms with Crippen LogP contribution in [0.4, 0.5) is 17.3 Å². The molecule has 0 radical (unpaired) electrons. The van der Waals surface area contributed by atoms with Crippen molar-refractivity contribution in [3.05, 3.63) is 73.2 Å². The molecule has 0 amide bonds. The van der Waals surface area contributed by atoms with Crippen LogP contribution in [0.2, 0.25) is 0 Å². The van der Waals surface area contributed by atoms with Gasteiger partial charge in [0.15, 0.2) is 5.65 Å². The van der Waals surface area contributed by atoms with Crippen LogP contribution in [0.25, 0.3) is 21.9 Å². The minimum absolute atomic E-state index is 0.111. The number of hydrogen-bond donors (Lipinski definition) is 1. The summed E-state index contributed by atoms with van der Waals surface area (Å²) in [6.45, 7) is 2.93. The first-order chi connectivity index (χ1) is 18.0. The van der Waals surface area contributed by atoms with E-state index < -0.39 is 10.0 Å². The maximum atomic E-state index is 13.7. The Balaban J connectivity index is 1.35. The average molecular weight is 517 g/mol. The van der Waals surface area contributed by atoms with Crippen LogP contribution >= 0.6 is 0 Å². The summed E-state index contributed by atoms with van der Waals surface area (Å²) in [5.74, 6) is 0.974. The van der Waals surface area contributed by atoms with Crippen molar-refractivity contribution in [3.8, 4) is 5.75 Å². The quantitative estimate of drug-likeness (QED) is 0.360. The van der Waals surface area contributed by atoms with Crippen molar-refractivity contribution >= 4 is 49.3 Å². The maximum Gasteiger partial charge on any atom is 0.271 e. The Labute approximate surface area is 213 Å². The first kappa shape index (κ1) is 23.2. The molecular formula is C26H24N6O4S. The van der Waals surface area contributed by atoms with Crippen LogP contribution in [0.3, 0.4) is 0 Å². The van der Waals surface area contributed by atoms with Crippen LogP contribution in [0.15, 0.2) is 78.1 Å². The third kappa shape index (κ3) is 4.21. The molecule has 4 heterocycles. The molecule has 10 nitrogen and oxygen atoms in total. The Hall–Kier alpha value is -4.22. The molecule has 0 aliphatic carbocycles. The van der Waals surface area contributed by atoms with Crippen molar-refractivity contribution in [2.45, 2.75) is 4.90 Å². The standard InChI is InChI=1S/C26H24N6O4S/c1-35-22-16-20(7-8-21(22)31-12-14-36-15-13-31)29-26-28-17-19-9-11-32(25(19)30-26)37(33,34)23-6-2-4-18-5-3-10-27-24(18)23/h2-11,16-17H,12-15H2,1H3,(H,28,29,30). The fourth-order valence-electron chi connectivity index (χ4n) is 4.49. The van der Waals surface area contributed by atoms with Gasteiger partial charge in [-0.1, -0.05) is 18.2 Å². The molecule has 0 bridgehead atoms. The van der Waals surface area contributed by atoms with Crippen molar-refractivity contribution in [3.63, 3.8) is 0 Å². The van der Waals surface area contributed by atoms with Crippen molar-refractivity contribution in [2.24, 2.45) is 0 Å². The molecule has 1 aliphatic rings. The third-order valence-electron chi connectivity index (χ3n) is 6.31. The zero-order valence-corrected chi connectivity index (χ0v) is 20.9. The Kier molecular flexibility index (Phi) is 5.85. The summed E-state index contributed by atoms with van der Waals surface area (Å²) >= 11 is 0. The van der Waals surface area contributed by atoms with E-state index in [0.717, 1.165) is 24.2 Å². The topological polar surface area (TPSA) is 111 Å². The molecule has 0 unspecified atom stereocenters. The van der Waals surface area contributed by atoms with Gasteiger partial charge in [-0.05, 0) is 30.3 Å². The summed E-state index contributed by atoms with van der Waals surface area (Å²) in [6.07, 6.45) is 4.66. The minimum Gasteiger partial charge on any atom is -0.495 e. The van der Waals surface area contributed by atoms with E-state index in [4.69, 9.17) is 9.47 Å². The molecule has 11 heteroatoms. The van der Waals surface area contributed by atoms with Crippen LogP contribution in [-0.4, -0.2) is 60.8 Å². The van der Waals surface area contributed by atoms with Gasteiger partial charge in [-0.15, -0.1) is 0 Å². The van der Waals surface area contributed by atoms with Gasteiger partial charge in [0.25, 0.3) is 10.0 Å². The van der Waals surface area contributed by atoms with Crippen molar-refractivity contribution < 1.29 is 17.9 Å². The van der Waals surface area contributed by atoms with Crippen molar-refractivity contribution in [1.29, 1.82) is 0 Å². The van der Waals surface area contributed by atoms with Crippen LogP contribution in [0.5, 0.6) is 5.75 Å². The number of methoxy groups -OCH3 is 1. The van der Waals surface area contributed by atoms with Gasteiger partial charge in [0.05, 0.1) is 31.5 Å². The molecule has 2 aromatic carbocycles. The number of pyridine rings is 1. The molecule has 1 aliphatic heterocycles. The van der Waals surface area contributed by atoms with Gasteiger partial charge in [-0.3, -0.25) is 4.98 Å². The highest BCUT2D eigenvalue weighted by Crippen LogP contribution is 2.33. The van der Waals surface area contributed by atoms with Crippen LogP contribution in [0.1, 0.15) is 0 Å². The molecule has 37 heavy (non-hydrogen) atoms. The average Bonchev–Trinajstić information content (AvgIpc) is 3.37. The number of aromatic nitrogens is 4. The summed E-state index contributed by atoms with van der Waals surface area (Å²) in [5.41, 5.74) is 2.37. The zero-order valence-electron chi connectivity index (χ0n) is 20.0. The molecule has 5 aromatic rings. The highest BCUT2D eigenvalue weighted by atomic mass is 32.2. The second kappa shape index (κ2) is 9.34. The number of nitrogens with one attached hydrogen (secondary N) is 1. The lowest BCUT2D eigenvalue weighted by atomic mass is 10.2. The van der Waals surface area contributed by atoms with Gasteiger partial charge >= 0.3 is 0 Å². The lowest BCUT2D eigenvalue weighted by Gasteiger charge is -2.30. The number of ether oxygens (including phenoxy) is 2. The Bertz CT molecular complexity index is 1710. The van der Waals surface area contributed by atoms with Gasteiger partial charge in [0.2, 0.25) is 5.95 Å². The molecular weight excluding hydrogens is 492 g/mol. The fraction of sp³-hybridized carbons (Fsp3) is 0.192. The number of nitrogens with zero attached hydrogens (tertiary/aromatic N) is 5. The summed E-state index contributed by atoms with van der Waals surface area (Å²) in [6, 6.07) is 16.1. The smallest absolute Gasteiger partial charge is 0.271 e. The number of fused-ring (bicyclic) bond motifs is 2. The van der Waals surface area contributed by atoms with Crippen LogP contribution in [-0.2, 0) is 14.8 Å². The Morgan fingerprint density at radius 3 is 2.68 bits per heavy atom. The maximum absolute atomic E-state index is 13.7. The Morgan fingerprint density at radius 2 is 1.84 bits per heavy atom. The highest BCUT2D eigenvalue weighted by molar-refractivity contribution is 7.90. The molecule has 188 valence electrons. The van der Waals surface area contributed by atoms with Gasteiger partial charge < -0.3 is 19.7 Å². The lowest BCUT2D eigenvalue weighted by molar-refractivity contribution is 0.122. The van der Waals surface area contributed by atoms with E-state index in [-0.39, 0.29) is 16.5 Å². The van der Waals surface area contributed by atoms with E-state index in [1.807, 2.05) is 30.3 Å². The van der Waals surface area contributed by atoms with E-state index in [1.54, 1.807) is 43.8 Å². The lowest BCUT2D eigenvalue weighted by Crippen LogP contribution is -2.36. The number of rotatable bonds is 6. The SMILES string of the molecule is COc1cc(Nc2ncc3ccn(S(=O)(=O)c4cccc5cccnc45)c3n2)ccc1N1CCOCC1.